The molecule has 1 aliphatic heterocycles. The molecule has 1 aromatic rings. The molecule has 23 heavy (non-hydrogen) atoms. The van der Waals surface area contributed by atoms with Gasteiger partial charge in [0.1, 0.15) is 0 Å². The van der Waals surface area contributed by atoms with Crippen LogP contribution in [0.4, 0.5) is 0 Å². The molecule has 0 aliphatic carbocycles. The number of nitrogens with zero attached hydrogens (tertiary/aromatic N) is 2. The molecule has 1 saturated heterocycles. The Balaban J connectivity index is 0.00000242. The molecule has 2 N–H and O–H groups in total. The fourth-order valence-corrected chi connectivity index (χ4v) is 2.57. The molecule has 134 valence electrons. The van der Waals surface area contributed by atoms with Crippen LogP contribution in [0.15, 0.2) is 30.3 Å². The third kappa shape index (κ3) is 8.86. The van der Waals surface area contributed by atoms with Crippen LogP contribution in [-0.4, -0.2) is 78.6 Å². The van der Waals surface area contributed by atoms with Crippen LogP contribution in [-0.2, 0) is 11.3 Å². The highest BCUT2D eigenvalue weighted by molar-refractivity contribution is 5.85. The smallest absolute Gasteiger partial charge is 0.0900 e. The van der Waals surface area contributed by atoms with E-state index in [2.05, 4.69) is 9.80 Å². The molecule has 0 saturated carbocycles. The van der Waals surface area contributed by atoms with Gasteiger partial charge < -0.3 is 14.9 Å². The second-order valence-electron chi connectivity index (χ2n) is 5.52. The SMILES string of the molecule is Cl.Cl.OCCN1CCN(CC(O)COCc2ccccc2)CC1. The van der Waals surface area contributed by atoms with Crippen LogP contribution in [0, 0.1) is 0 Å². The Morgan fingerprint density at radius 3 is 2.22 bits per heavy atom. The zero-order valence-electron chi connectivity index (χ0n) is 13.3. The van der Waals surface area contributed by atoms with Gasteiger partial charge in [-0.2, -0.15) is 0 Å². The van der Waals surface area contributed by atoms with Crippen molar-refractivity contribution >= 4 is 24.8 Å². The van der Waals surface area contributed by atoms with E-state index >= 15 is 0 Å². The van der Waals surface area contributed by atoms with Crippen molar-refractivity contribution in [1.82, 2.24) is 9.80 Å². The highest BCUT2D eigenvalue weighted by Gasteiger charge is 2.18. The van der Waals surface area contributed by atoms with Gasteiger partial charge in [0, 0.05) is 39.3 Å². The summed E-state index contributed by atoms with van der Waals surface area (Å²) >= 11 is 0. The second-order valence-corrected chi connectivity index (χ2v) is 5.52. The summed E-state index contributed by atoms with van der Waals surface area (Å²) in [5, 5.41) is 18.9. The summed E-state index contributed by atoms with van der Waals surface area (Å²) in [5.74, 6) is 0. The zero-order valence-corrected chi connectivity index (χ0v) is 15.0. The maximum atomic E-state index is 10.0. The lowest BCUT2D eigenvalue weighted by Crippen LogP contribution is -2.49. The van der Waals surface area contributed by atoms with Crippen molar-refractivity contribution < 1.29 is 14.9 Å². The summed E-state index contributed by atoms with van der Waals surface area (Å²) in [5.41, 5.74) is 1.13. The van der Waals surface area contributed by atoms with Crippen LogP contribution >= 0.6 is 24.8 Å². The van der Waals surface area contributed by atoms with Crippen molar-refractivity contribution in [3.63, 3.8) is 0 Å². The normalized spacial score (nSPS) is 17.1. The molecule has 1 atom stereocenters. The van der Waals surface area contributed by atoms with Gasteiger partial charge in [0.2, 0.25) is 0 Å². The lowest BCUT2D eigenvalue weighted by Gasteiger charge is -2.35. The van der Waals surface area contributed by atoms with Gasteiger partial charge in [-0.25, -0.2) is 0 Å². The van der Waals surface area contributed by atoms with Gasteiger partial charge >= 0.3 is 0 Å². The number of benzene rings is 1. The Morgan fingerprint density at radius 2 is 1.61 bits per heavy atom. The third-order valence-electron chi connectivity index (χ3n) is 3.77. The lowest BCUT2D eigenvalue weighted by molar-refractivity contribution is 0.000520. The van der Waals surface area contributed by atoms with Crippen LogP contribution in [0.25, 0.3) is 0 Å². The molecule has 0 aromatic heterocycles. The minimum Gasteiger partial charge on any atom is -0.395 e. The molecule has 0 bridgehead atoms. The summed E-state index contributed by atoms with van der Waals surface area (Å²) in [6, 6.07) is 10.00. The van der Waals surface area contributed by atoms with Crippen LogP contribution < -0.4 is 0 Å². The number of hydrogen-bond donors (Lipinski definition) is 2. The van der Waals surface area contributed by atoms with Gasteiger partial charge in [-0.3, -0.25) is 9.80 Å². The fourth-order valence-electron chi connectivity index (χ4n) is 2.57. The monoisotopic (exact) mass is 366 g/mol. The summed E-state index contributed by atoms with van der Waals surface area (Å²) in [6.45, 7) is 6.32. The number of halogens is 2. The first-order chi connectivity index (χ1) is 10.3. The van der Waals surface area contributed by atoms with Crippen molar-refractivity contribution in [2.24, 2.45) is 0 Å². The molecular weight excluding hydrogens is 339 g/mol. The lowest BCUT2D eigenvalue weighted by atomic mass is 10.2. The minimum absolute atomic E-state index is 0. The summed E-state index contributed by atoms with van der Waals surface area (Å²) in [6.07, 6.45) is -0.446. The highest BCUT2D eigenvalue weighted by Crippen LogP contribution is 2.04. The molecule has 0 amide bonds. The average Bonchev–Trinajstić information content (AvgIpc) is 2.51. The van der Waals surface area contributed by atoms with Crippen LogP contribution in [0.3, 0.4) is 0 Å². The molecule has 7 heteroatoms. The largest absolute Gasteiger partial charge is 0.395 e. The highest BCUT2D eigenvalue weighted by atomic mass is 35.5. The number of piperazine rings is 1. The van der Waals surface area contributed by atoms with E-state index in [1.807, 2.05) is 30.3 Å². The Hall–Kier alpha value is -0.400. The predicted molar refractivity (Wildman–Crippen MR) is 96.6 cm³/mol. The first-order valence-electron chi connectivity index (χ1n) is 7.63. The van der Waals surface area contributed by atoms with E-state index in [0.29, 0.717) is 19.8 Å². The summed E-state index contributed by atoms with van der Waals surface area (Å²) < 4.78 is 5.56. The van der Waals surface area contributed by atoms with Crippen molar-refractivity contribution in [3.8, 4) is 0 Å². The summed E-state index contributed by atoms with van der Waals surface area (Å²) in [4.78, 5) is 4.50. The molecule has 1 fully saturated rings. The van der Waals surface area contributed by atoms with E-state index in [1.54, 1.807) is 0 Å². The second kappa shape index (κ2) is 13.0. The Kier molecular flexibility index (Phi) is 12.7. The zero-order chi connectivity index (χ0) is 14.9. The molecule has 0 spiro atoms. The molecule has 0 radical (unpaired) electrons. The molecule has 1 aliphatic rings. The van der Waals surface area contributed by atoms with Gasteiger partial charge in [-0.05, 0) is 5.56 Å². The van der Waals surface area contributed by atoms with Crippen molar-refractivity contribution in [1.29, 1.82) is 0 Å². The maximum Gasteiger partial charge on any atom is 0.0900 e. The summed E-state index contributed by atoms with van der Waals surface area (Å²) in [7, 11) is 0. The average molecular weight is 367 g/mol. The van der Waals surface area contributed by atoms with Crippen LogP contribution in [0.2, 0.25) is 0 Å². The first kappa shape index (κ1) is 22.6. The molecular formula is C16H28Cl2N2O3. The predicted octanol–water partition coefficient (Wildman–Crippen LogP) is 1.02. The van der Waals surface area contributed by atoms with E-state index in [9.17, 15) is 5.11 Å². The van der Waals surface area contributed by atoms with Gasteiger partial charge in [-0.1, -0.05) is 30.3 Å². The number of rotatable bonds is 8. The Morgan fingerprint density at radius 1 is 1.00 bits per heavy atom. The fraction of sp³-hybridized carbons (Fsp3) is 0.625. The van der Waals surface area contributed by atoms with Gasteiger partial charge in [0.15, 0.2) is 0 Å². The molecule has 2 rings (SSSR count). The van der Waals surface area contributed by atoms with Crippen molar-refractivity contribution in [3.05, 3.63) is 35.9 Å². The molecule has 1 heterocycles. The minimum atomic E-state index is -0.446. The van der Waals surface area contributed by atoms with E-state index in [0.717, 1.165) is 38.3 Å². The Bertz CT molecular complexity index is 390. The topological polar surface area (TPSA) is 56.2 Å². The van der Waals surface area contributed by atoms with Crippen molar-refractivity contribution in [2.45, 2.75) is 12.7 Å². The van der Waals surface area contributed by atoms with E-state index in [4.69, 9.17) is 9.84 Å². The molecule has 1 aromatic carbocycles. The van der Waals surface area contributed by atoms with Crippen LogP contribution in [0.1, 0.15) is 5.56 Å². The number of aliphatic hydroxyl groups is 2. The van der Waals surface area contributed by atoms with Gasteiger partial charge in [-0.15, -0.1) is 24.8 Å². The van der Waals surface area contributed by atoms with E-state index in [1.165, 1.54) is 0 Å². The molecule has 1 unspecified atom stereocenters. The molecule has 5 nitrogen and oxygen atoms in total. The van der Waals surface area contributed by atoms with Gasteiger partial charge in [0.25, 0.3) is 0 Å². The standard InChI is InChI=1S/C16H26N2O3.2ClH/c19-11-10-17-6-8-18(9-7-17)12-16(20)14-21-13-15-4-2-1-3-5-15;;/h1-5,16,19-20H,6-14H2;2*1H. The van der Waals surface area contributed by atoms with Crippen molar-refractivity contribution in [2.75, 3.05) is 52.5 Å². The third-order valence-corrected chi connectivity index (χ3v) is 3.77. The number of aliphatic hydroxyl groups excluding tert-OH is 2. The van der Waals surface area contributed by atoms with Gasteiger partial charge in [0.05, 0.1) is 25.9 Å². The maximum absolute atomic E-state index is 10.0. The number of ether oxygens (including phenoxy) is 1. The quantitative estimate of drug-likeness (QED) is 0.719. The van der Waals surface area contributed by atoms with E-state index in [-0.39, 0.29) is 31.4 Å². The number of β-amino-alcohol motifs (C(OH)–C–C–N with tert-alkyl or cyclic N) is 2. The first-order valence-corrected chi connectivity index (χ1v) is 7.63. The van der Waals surface area contributed by atoms with Crippen LogP contribution in [0.5, 0.6) is 0 Å². The Labute approximate surface area is 151 Å². The number of hydrogen-bond acceptors (Lipinski definition) is 5. The van der Waals surface area contributed by atoms with E-state index < -0.39 is 6.10 Å².